The number of ether oxygens (including phenoxy) is 2. The molecule has 8 heteroatoms. The third-order valence-corrected chi connectivity index (χ3v) is 11.2. The van der Waals surface area contributed by atoms with E-state index in [0.29, 0.717) is 6.42 Å². The third kappa shape index (κ3) is 2.97. The molecule has 0 N–H and O–H groups in total. The van der Waals surface area contributed by atoms with Gasteiger partial charge >= 0.3 is 11.9 Å². The molecular formula is C26H40O6Si2. The van der Waals surface area contributed by atoms with E-state index >= 15 is 0 Å². The van der Waals surface area contributed by atoms with E-state index in [9.17, 15) is 9.59 Å². The summed E-state index contributed by atoms with van der Waals surface area (Å²) in [6.07, 6.45) is 6.86. The molecule has 3 saturated carbocycles. The second kappa shape index (κ2) is 6.96. The zero-order valence-corrected chi connectivity index (χ0v) is 23.9. The second-order valence-corrected chi connectivity index (χ2v) is 22.4. The van der Waals surface area contributed by atoms with Crippen LogP contribution >= 0.6 is 0 Å². The quantitative estimate of drug-likeness (QED) is 0.303. The zero-order chi connectivity index (χ0) is 25.1. The Labute approximate surface area is 205 Å². The Morgan fingerprint density at radius 3 is 2.44 bits per heavy atom. The van der Waals surface area contributed by atoms with Crippen LogP contribution in [0.25, 0.3) is 0 Å². The van der Waals surface area contributed by atoms with Crippen LogP contribution in [0.1, 0.15) is 32.6 Å². The molecule has 5 aliphatic rings. The number of rotatable bonds is 5. The molecule has 0 aromatic rings. The molecule has 0 aromatic carbocycles. The van der Waals surface area contributed by atoms with E-state index < -0.39 is 50.7 Å². The van der Waals surface area contributed by atoms with Crippen molar-refractivity contribution in [2.45, 2.75) is 89.2 Å². The highest BCUT2D eigenvalue weighted by atomic mass is 28.4. The molecule has 4 aliphatic carbocycles. The van der Waals surface area contributed by atoms with Gasteiger partial charge in [0, 0.05) is 11.8 Å². The van der Waals surface area contributed by atoms with Crippen molar-refractivity contribution in [1.82, 2.24) is 0 Å². The summed E-state index contributed by atoms with van der Waals surface area (Å²) in [6.45, 7) is 19.5. The molecule has 6 nitrogen and oxygen atoms in total. The van der Waals surface area contributed by atoms with Crippen molar-refractivity contribution < 1.29 is 27.9 Å². The normalized spacial score (nSPS) is 46.8. The maximum atomic E-state index is 13.7. The third-order valence-electron chi connectivity index (χ3n) is 9.23. The van der Waals surface area contributed by atoms with E-state index in [2.05, 4.69) is 58.0 Å². The summed E-state index contributed by atoms with van der Waals surface area (Å²) in [7, 11) is -2.39. The molecule has 1 heterocycles. The summed E-state index contributed by atoms with van der Waals surface area (Å²) in [5.74, 6) is -1.27. The smallest absolute Gasteiger partial charge is 0.316 e. The first-order valence-electron chi connectivity index (χ1n) is 12.6. The fraction of sp³-hybridized carbons (Fsp3) is 0.769. The fourth-order valence-electron chi connectivity index (χ4n) is 8.49. The molecule has 1 saturated heterocycles. The SMILES string of the molecule is C=C1C[C@]23C[C@@]1(O[Si](C)(C)C)CC[C@H]2[C@@]12C=CC(O[Si](C)(C)C)C(C)(C(=O)O1)[C@H]2[C@@H]3C(=O)OC. The van der Waals surface area contributed by atoms with Crippen LogP contribution in [0.3, 0.4) is 0 Å². The summed E-state index contributed by atoms with van der Waals surface area (Å²) in [5, 5.41) is 0. The molecule has 0 amide bonds. The van der Waals surface area contributed by atoms with E-state index in [1.54, 1.807) is 0 Å². The Kier molecular flexibility index (Phi) is 5.01. The minimum absolute atomic E-state index is 0.0292. The van der Waals surface area contributed by atoms with E-state index in [-0.39, 0.29) is 23.8 Å². The van der Waals surface area contributed by atoms with Crippen LogP contribution in [0.15, 0.2) is 24.3 Å². The van der Waals surface area contributed by atoms with Gasteiger partial charge in [0.05, 0.1) is 24.7 Å². The van der Waals surface area contributed by atoms with Gasteiger partial charge in [-0.2, -0.15) is 0 Å². The van der Waals surface area contributed by atoms with Gasteiger partial charge in [0.1, 0.15) is 11.0 Å². The summed E-state index contributed by atoms with van der Waals surface area (Å²) in [4.78, 5) is 27.3. The van der Waals surface area contributed by atoms with E-state index in [0.717, 1.165) is 24.8 Å². The van der Waals surface area contributed by atoms with Crippen molar-refractivity contribution in [3.8, 4) is 0 Å². The maximum Gasteiger partial charge on any atom is 0.316 e. The number of carbonyl (C=O) groups excluding carboxylic acids is 2. The van der Waals surface area contributed by atoms with Crippen molar-refractivity contribution >= 4 is 28.6 Å². The number of hydrogen-bond acceptors (Lipinski definition) is 6. The first-order valence-corrected chi connectivity index (χ1v) is 19.4. The van der Waals surface area contributed by atoms with E-state index in [1.165, 1.54) is 7.11 Å². The summed E-state index contributed by atoms with van der Waals surface area (Å²) in [6, 6.07) is 0. The Hall–Kier alpha value is -1.23. The molecule has 2 unspecified atom stereocenters. The molecular weight excluding hydrogens is 464 g/mol. The van der Waals surface area contributed by atoms with Gasteiger partial charge in [-0.1, -0.05) is 12.7 Å². The lowest BCUT2D eigenvalue weighted by Gasteiger charge is -2.47. The van der Waals surface area contributed by atoms with Gasteiger partial charge < -0.3 is 18.3 Å². The molecule has 34 heavy (non-hydrogen) atoms. The zero-order valence-electron chi connectivity index (χ0n) is 21.9. The van der Waals surface area contributed by atoms with Gasteiger partial charge in [0.2, 0.25) is 0 Å². The lowest BCUT2D eigenvalue weighted by molar-refractivity contribution is -0.163. The highest BCUT2D eigenvalue weighted by molar-refractivity contribution is 6.70. The van der Waals surface area contributed by atoms with Gasteiger partial charge in [-0.15, -0.1) is 0 Å². The largest absolute Gasteiger partial charge is 0.469 e. The maximum absolute atomic E-state index is 13.7. The van der Waals surface area contributed by atoms with Gasteiger partial charge in [0.15, 0.2) is 16.6 Å². The van der Waals surface area contributed by atoms with E-state index in [1.807, 2.05) is 6.92 Å². The molecule has 8 atom stereocenters. The monoisotopic (exact) mass is 504 g/mol. The van der Waals surface area contributed by atoms with Gasteiger partial charge in [-0.3, -0.25) is 9.59 Å². The molecule has 1 spiro atoms. The van der Waals surface area contributed by atoms with Crippen LogP contribution < -0.4 is 0 Å². The first kappa shape index (κ1) is 24.5. The van der Waals surface area contributed by atoms with Gasteiger partial charge in [-0.05, 0) is 89.0 Å². The molecule has 4 fully saturated rings. The van der Waals surface area contributed by atoms with Crippen molar-refractivity contribution in [2.24, 2.45) is 28.6 Å². The van der Waals surface area contributed by atoms with Crippen molar-refractivity contribution in [1.29, 1.82) is 0 Å². The highest BCUT2D eigenvalue weighted by Gasteiger charge is 2.84. The number of esters is 2. The predicted molar refractivity (Wildman–Crippen MR) is 134 cm³/mol. The van der Waals surface area contributed by atoms with Crippen molar-refractivity contribution in [3.05, 3.63) is 24.3 Å². The average Bonchev–Trinajstić information content (AvgIpc) is 3.12. The average molecular weight is 505 g/mol. The molecule has 5 rings (SSSR count). The number of fused-ring (bicyclic) bond motifs is 1. The van der Waals surface area contributed by atoms with Crippen LogP contribution in [0.2, 0.25) is 39.3 Å². The minimum Gasteiger partial charge on any atom is -0.469 e. The van der Waals surface area contributed by atoms with Gasteiger partial charge in [0.25, 0.3) is 0 Å². The number of hydrogen-bond donors (Lipinski definition) is 0. The standard InChI is InChI=1S/C26H40O6Si2/c1-16-14-24-15-25(16,32-34(7,8)9)12-10-17(24)26-13-11-18(31-33(4,5)6)23(2,22(28)30-26)20(26)19(24)21(27)29-3/h11,13,17-20H,1,10,12,14-15H2,2-9H3/t17-,18?,19-,20-,23?,24+,25+,26-/m1/s1. The molecule has 188 valence electrons. The topological polar surface area (TPSA) is 71.1 Å². The van der Waals surface area contributed by atoms with Crippen molar-refractivity contribution in [2.75, 3.05) is 7.11 Å². The van der Waals surface area contributed by atoms with Crippen LogP contribution in [-0.2, 0) is 27.9 Å². The lowest BCUT2D eigenvalue weighted by Crippen LogP contribution is -2.53. The highest BCUT2D eigenvalue weighted by Crippen LogP contribution is 2.78. The minimum atomic E-state index is -1.98. The number of carbonyl (C=O) groups is 2. The molecule has 0 aromatic heterocycles. The second-order valence-electron chi connectivity index (χ2n) is 13.5. The number of methoxy groups -OCH3 is 1. The predicted octanol–water partition coefficient (Wildman–Crippen LogP) is 4.83. The Balaban J connectivity index is 1.67. The van der Waals surface area contributed by atoms with Gasteiger partial charge in [-0.25, -0.2) is 0 Å². The Morgan fingerprint density at radius 1 is 1.18 bits per heavy atom. The fourth-order valence-corrected chi connectivity index (χ4v) is 11.1. The lowest BCUT2D eigenvalue weighted by atomic mass is 9.61. The summed E-state index contributed by atoms with van der Waals surface area (Å²) < 4.78 is 25.2. The molecule has 1 aliphatic heterocycles. The molecule has 4 bridgehead atoms. The van der Waals surface area contributed by atoms with Crippen molar-refractivity contribution in [3.63, 3.8) is 0 Å². The Morgan fingerprint density at radius 2 is 1.85 bits per heavy atom. The van der Waals surface area contributed by atoms with Crippen LogP contribution in [0, 0.1) is 28.6 Å². The summed E-state index contributed by atoms with van der Waals surface area (Å²) >= 11 is 0. The Bertz CT molecular complexity index is 994. The molecule has 0 radical (unpaired) electrons. The summed E-state index contributed by atoms with van der Waals surface area (Å²) in [5.41, 5.74) is -1.45. The van der Waals surface area contributed by atoms with Crippen LogP contribution in [0.4, 0.5) is 0 Å². The first-order chi connectivity index (χ1) is 15.5. The van der Waals surface area contributed by atoms with E-state index in [4.69, 9.17) is 18.3 Å². The van der Waals surface area contributed by atoms with Crippen LogP contribution in [0.5, 0.6) is 0 Å². The van der Waals surface area contributed by atoms with Crippen LogP contribution in [-0.4, -0.2) is 53.0 Å².